The van der Waals surface area contributed by atoms with Crippen LogP contribution >= 0.6 is 0 Å². The Balaban J connectivity index is 1.33. The van der Waals surface area contributed by atoms with Crippen molar-refractivity contribution in [3.63, 3.8) is 0 Å². The number of carbonyl (C=O) groups excluding carboxylic acids is 2. The number of carbonyl (C=O) groups is 2. The Morgan fingerprint density at radius 3 is 2.32 bits per heavy atom. The van der Waals surface area contributed by atoms with Gasteiger partial charge in [0.1, 0.15) is 5.75 Å². The highest BCUT2D eigenvalue weighted by atomic mass is 16.5. The molecule has 2 amide bonds. The summed E-state index contributed by atoms with van der Waals surface area (Å²) in [4.78, 5) is 31.4. The molecular weight excluding hydrogens is 392 g/mol. The predicted molar refractivity (Wildman–Crippen MR) is 122 cm³/mol. The number of nitrogens with zero attached hydrogens (tertiary/aromatic N) is 3. The molecule has 172 valence electrons. The summed E-state index contributed by atoms with van der Waals surface area (Å²) in [6.07, 6.45) is 4.45. The zero-order chi connectivity index (χ0) is 22.1. The van der Waals surface area contributed by atoms with Crippen LogP contribution in [0.5, 0.6) is 5.75 Å². The lowest BCUT2D eigenvalue weighted by Crippen LogP contribution is -2.53. The second-order valence-corrected chi connectivity index (χ2v) is 8.75. The van der Waals surface area contributed by atoms with Crippen molar-refractivity contribution in [2.45, 2.75) is 52.1 Å². The van der Waals surface area contributed by atoms with Crippen LogP contribution in [-0.4, -0.2) is 85.0 Å². The van der Waals surface area contributed by atoms with Crippen LogP contribution in [0.3, 0.4) is 0 Å². The number of likely N-dealkylation sites (tertiary alicyclic amines) is 1. The minimum absolute atomic E-state index is 0.0398. The van der Waals surface area contributed by atoms with Gasteiger partial charge in [0.15, 0.2) is 0 Å². The highest BCUT2D eigenvalue weighted by Crippen LogP contribution is 2.17. The van der Waals surface area contributed by atoms with E-state index >= 15 is 0 Å². The van der Waals surface area contributed by atoms with E-state index in [0.717, 1.165) is 69.9 Å². The number of benzene rings is 1. The van der Waals surface area contributed by atoms with E-state index in [2.05, 4.69) is 29.0 Å². The minimum Gasteiger partial charge on any atom is -0.494 e. The van der Waals surface area contributed by atoms with E-state index in [0.29, 0.717) is 25.7 Å². The summed E-state index contributed by atoms with van der Waals surface area (Å²) >= 11 is 0. The van der Waals surface area contributed by atoms with Crippen LogP contribution in [0, 0.1) is 0 Å². The Morgan fingerprint density at radius 1 is 1.00 bits per heavy atom. The Labute approximate surface area is 186 Å². The van der Waals surface area contributed by atoms with Gasteiger partial charge in [-0.25, -0.2) is 0 Å². The largest absolute Gasteiger partial charge is 0.494 e. The second kappa shape index (κ2) is 12.1. The lowest BCUT2D eigenvalue weighted by atomic mass is 10.0. The lowest BCUT2D eigenvalue weighted by molar-refractivity contribution is -0.136. The molecule has 2 saturated heterocycles. The van der Waals surface area contributed by atoms with Crippen molar-refractivity contribution in [2.24, 2.45) is 0 Å². The van der Waals surface area contributed by atoms with E-state index in [1.165, 1.54) is 6.42 Å². The van der Waals surface area contributed by atoms with Gasteiger partial charge in [-0.15, -0.1) is 0 Å². The molecule has 2 aliphatic rings. The first-order valence-electron chi connectivity index (χ1n) is 11.8. The molecule has 0 aliphatic carbocycles. The normalized spacial score (nSPS) is 20.5. The van der Waals surface area contributed by atoms with E-state index in [-0.39, 0.29) is 11.8 Å². The Morgan fingerprint density at radius 2 is 1.68 bits per heavy atom. The minimum atomic E-state index is 0.0398. The first-order chi connectivity index (χ1) is 15.0. The number of nitrogens with one attached hydrogen (secondary N) is 1. The van der Waals surface area contributed by atoms with E-state index in [1.54, 1.807) is 0 Å². The molecule has 0 aromatic heterocycles. The number of amides is 2. The van der Waals surface area contributed by atoms with E-state index in [4.69, 9.17) is 4.74 Å². The van der Waals surface area contributed by atoms with Gasteiger partial charge >= 0.3 is 0 Å². The molecule has 0 radical (unpaired) electrons. The predicted octanol–water partition coefficient (Wildman–Crippen LogP) is 2.11. The average Bonchev–Trinajstić information content (AvgIpc) is 2.78. The maximum absolute atomic E-state index is 12.6. The van der Waals surface area contributed by atoms with E-state index in [1.807, 2.05) is 29.2 Å². The maximum atomic E-state index is 12.6. The fraction of sp³-hybridized carbons (Fsp3) is 0.667. The molecule has 1 unspecified atom stereocenters. The summed E-state index contributed by atoms with van der Waals surface area (Å²) in [6, 6.07) is 8.24. The second-order valence-electron chi connectivity index (χ2n) is 8.75. The van der Waals surface area contributed by atoms with Crippen LogP contribution in [0.4, 0.5) is 0 Å². The van der Waals surface area contributed by atoms with Gasteiger partial charge in [0.25, 0.3) is 0 Å². The summed E-state index contributed by atoms with van der Waals surface area (Å²) in [7, 11) is 0. The van der Waals surface area contributed by atoms with Crippen LogP contribution in [0.25, 0.3) is 0 Å². The topological polar surface area (TPSA) is 65.1 Å². The molecule has 2 heterocycles. The van der Waals surface area contributed by atoms with Crippen molar-refractivity contribution in [1.29, 1.82) is 0 Å². The summed E-state index contributed by atoms with van der Waals surface area (Å²) in [6.45, 7) is 10.6. The SMILES string of the molecule is CCCOc1ccc(CNC(=O)CN2CCN(CC(=O)N3CCCCC3C)CC2)cc1. The molecule has 2 aliphatic heterocycles. The number of hydrogen-bond donors (Lipinski definition) is 1. The molecule has 2 fully saturated rings. The van der Waals surface area contributed by atoms with Gasteiger partial charge in [-0.3, -0.25) is 19.4 Å². The molecule has 3 rings (SSSR count). The van der Waals surface area contributed by atoms with Crippen LogP contribution in [0.2, 0.25) is 0 Å². The molecule has 1 N–H and O–H groups in total. The standard InChI is InChI=1S/C24H38N4O3/c1-3-16-31-22-9-7-21(8-10-22)17-25-23(29)18-26-12-14-27(15-13-26)19-24(30)28-11-5-4-6-20(28)2/h7-10,20H,3-6,11-19H2,1-2H3,(H,25,29). The van der Waals surface area contributed by atoms with E-state index in [9.17, 15) is 9.59 Å². The molecule has 1 aromatic rings. The zero-order valence-electron chi connectivity index (χ0n) is 19.1. The Hall–Kier alpha value is -2.12. The number of ether oxygens (including phenoxy) is 1. The van der Waals surface area contributed by atoms with Crippen molar-refractivity contribution in [1.82, 2.24) is 20.0 Å². The summed E-state index contributed by atoms with van der Waals surface area (Å²) in [5.41, 5.74) is 1.06. The highest BCUT2D eigenvalue weighted by Gasteiger charge is 2.26. The maximum Gasteiger partial charge on any atom is 0.236 e. The van der Waals surface area contributed by atoms with Crippen molar-refractivity contribution < 1.29 is 14.3 Å². The van der Waals surface area contributed by atoms with Crippen LogP contribution in [0.15, 0.2) is 24.3 Å². The fourth-order valence-corrected chi connectivity index (χ4v) is 4.24. The molecule has 0 bridgehead atoms. The molecule has 1 atom stereocenters. The molecule has 1 aromatic carbocycles. The van der Waals surface area contributed by atoms with Crippen LogP contribution in [0.1, 0.15) is 45.1 Å². The summed E-state index contributed by atoms with van der Waals surface area (Å²) in [5.74, 6) is 1.16. The van der Waals surface area contributed by atoms with Gasteiger partial charge in [0.2, 0.25) is 11.8 Å². The first kappa shape index (κ1) is 23.5. The Kier molecular flexibility index (Phi) is 9.15. The van der Waals surface area contributed by atoms with E-state index < -0.39 is 0 Å². The summed E-state index contributed by atoms with van der Waals surface area (Å²) < 4.78 is 5.59. The van der Waals surface area contributed by atoms with Crippen molar-refractivity contribution in [3.8, 4) is 5.75 Å². The third-order valence-electron chi connectivity index (χ3n) is 6.20. The number of hydrogen-bond acceptors (Lipinski definition) is 5. The number of rotatable bonds is 9. The van der Waals surface area contributed by atoms with Crippen molar-refractivity contribution in [2.75, 3.05) is 52.4 Å². The van der Waals surface area contributed by atoms with Gasteiger partial charge < -0.3 is 15.0 Å². The van der Waals surface area contributed by atoms with Gasteiger partial charge in [-0.05, 0) is 50.3 Å². The number of piperidine rings is 1. The molecule has 31 heavy (non-hydrogen) atoms. The third-order valence-corrected chi connectivity index (χ3v) is 6.20. The van der Waals surface area contributed by atoms with Crippen molar-refractivity contribution in [3.05, 3.63) is 29.8 Å². The molecule has 0 saturated carbocycles. The quantitative estimate of drug-likeness (QED) is 0.650. The summed E-state index contributed by atoms with van der Waals surface area (Å²) in [5, 5.41) is 3.00. The molecule has 7 nitrogen and oxygen atoms in total. The van der Waals surface area contributed by atoms with Gasteiger partial charge in [-0.1, -0.05) is 19.1 Å². The highest BCUT2D eigenvalue weighted by molar-refractivity contribution is 5.79. The third kappa shape index (κ3) is 7.51. The van der Waals surface area contributed by atoms with Crippen LogP contribution < -0.4 is 10.1 Å². The van der Waals surface area contributed by atoms with Gasteiger partial charge in [-0.2, -0.15) is 0 Å². The van der Waals surface area contributed by atoms with Gasteiger partial charge in [0.05, 0.1) is 19.7 Å². The monoisotopic (exact) mass is 430 g/mol. The lowest BCUT2D eigenvalue weighted by Gasteiger charge is -2.37. The fourth-order valence-electron chi connectivity index (χ4n) is 4.24. The molecule has 0 spiro atoms. The van der Waals surface area contributed by atoms with Gasteiger partial charge in [0, 0.05) is 45.3 Å². The first-order valence-corrected chi connectivity index (χ1v) is 11.8. The van der Waals surface area contributed by atoms with Crippen LogP contribution in [-0.2, 0) is 16.1 Å². The average molecular weight is 431 g/mol. The molecular formula is C24H38N4O3. The zero-order valence-corrected chi connectivity index (χ0v) is 19.1. The van der Waals surface area contributed by atoms with Crippen molar-refractivity contribution >= 4 is 11.8 Å². The Bertz CT molecular complexity index is 701. The molecule has 7 heteroatoms. The smallest absolute Gasteiger partial charge is 0.236 e. The number of piperazine rings is 1.